The van der Waals surface area contributed by atoms with Crippen LogP contribution in [0.2, 0.25) is 0 Å². The quantitative estimate of drug-likeness (QED) is 0.715. The highest BCUT2D eigenvalue weighted by Crippen LogP contribution is 2.52. The van der Waals surface area contributed by atoms with Crippen molar-refractivity contribution in [3.05, 3.63) is 52.9 Å². The van der Waals surface area contributed by atoms with Gasteiger partial charge in [0.15, 0.2) is 0 Å². The number of sulfonamides is 1. The van der Waals surface area contributed by atoms with Gasteiger partial charge in [-0.3, -0.25) is 4.79 Å². The first-order chi connectivity index (χ1) is 11.3. The van der Waals surface area contributed by atoms with Crippen LogP contribution in [0.15, 0.2) is 46.7 Å². The Morgan fingerprint density at radius 3 is 2.33 bits per heavy atom. The minimum Gasteiger partial charge on any atom is -0.480 e. The van der Waals surface area contributed by atoms with E-state index in [9.17, 15) is 23.1 Å². The third-order valence-electron chi connectivity index (χ3n) is 3.92. The van der Waals surface area contributed by atoms with E-state index < -0.39 is 33.4 Å². The standard InChI is InChI=1S/C15H13NO6S2/c17-13(18)11-6-7-12(23-11)24(21,22)16-15(14(19)20)8-10(15)9-4-2-1-3-5-9/h1-7,10,16H,8H2,(H,17,18)(H,19,20)/t10-,15+/m0/s1. The molecule has 0 unspecified atom stereocenters. The molecule has 1 aliphatic carbocycles. The van der Waals surface area contributed by atoms with Crippen LogP contribution in [0.5, 0.6) is 0 Å². The van der Waals surface area contributed by atoms with Gasteiger partial charge in [0.05, 0.1) is 0 Å². The van der Waals surface area contributed by atoms with E-state index in [1.54, 1.807) is 30.3 Å². The van der Waals surface area contributed by atoms with Crippen molar-refractivity contribution in [3.8, 4) is 0 Å². The van der Waals surface area contributed by atoms with Crippen molar-refractivity contribution in [2.24, 2.45) is 0 Å². The molecule has 1 aliphatic rings. The van der Waals surface area contributed by atoms with E-state index in [1.165, 1.54) is 6.07 Å². The molecule has 1 fully saturated rings. The fourth-order valence-corrected chi connectivity index (χ4v) is 5.16. The second kappa shape index (κ2) is 5.69. The number of rotatable bonds is 6. The average Bonchev–Trinajstić information content (AvgIpc) is 3.02. The SMILES string of the molecule is O=C(O)c1ccc(S(=O)(=O)N[C@]2(C(=O)O)C[C@H]2c2ccccc2)s1. The molecule has 0 spiro atoms. The van der Waals surface area contributed by atoms with Crippen LogP contribution >= 0.6 is 11.3 Å². The second-order valence-corrected chi connectivity index (χ2v) is 8.47. The summed E-state index contributed by atoms with van der Waals surface area (Å²) in [5.41, 5.74) is -0.867. The molecule has 126 valence electrons. The molecule has 24 heavy (non-hydrogen) atoms. The number of hydrogen-bond donors (Lipinski definition) is 3. The Kier molecular flexibility index (Phi) is 3.94. The Hall–Kier alpha value is -2.23. The number of carboxylic acid groups (broad SMARTS) is 2. The number of nitrogens with one attached hydrogen (secondary N) is 1. The highest BCUT2D eigenvalue weighted by Gasteiger charge is 2.63. The lowest BCUT2D eigenvalue weighted by atomic mass is 10.1. The van der Waals surface area contributed by atoms with E-state index in [0.29, 0.717) is 11.3 Å². The second-order valence-electron chi connectivity index (χ2n) is 5.47. The fourth-order valence-electron chi connectivity index (χ4n) is 2.61. The molecule has 2 atom stereocenters. The van der Waals surface area contributed by atoms with Crippen LogP contribution in [0.3, 0.4) is 0 Å². The Bertz CT molecular complexity index is 905. The van der Waals surface area contributed by atoms with E-state index in [0.717, 1.165) is 11.6 Å². The molecule has 0 aliphatic heterocycles. The Labute approximate surface area is 141 Å². The van der Waals surface area contributed by atoms with E-state index in [1.807, 2.05) is 0 Å². The van der Waals surface area contributed by atoms with Crippen LogP contribution in [0.25, 0.3) is 0 Å². The Morgan fingerprint density at radius 2 is 1.79 bits per heavy atom. The van der Waals surface area contributed by atoms with Crippen molar-refractivity contribution in [1.29, 1.82) is 0 Å². The lowest BCUT2D eigenvalue weighted by Crippen LogP contribution is -2.44. The van der Waals surface area contributed by atoms with Crippen molar-refractivity contribution in [3.63, 3.8) is 0 Å². The van der Waals surface area contributed by atoms with Crippen molar-refractivity contribution in [2.45, 2.75) is 22.1 Å². The van der Waals surface area contributed by atoms with Crippen LogP contribution in [-0.4, -0.2) is 36.1 Å². The number of carboxylic acids is 2. The molecule has 1 saturated carbocycles. The summed E-state index contributed by atoms with van der Waals surface area (Å²) in [5.74, 6) is -2.96. The van der Waals surface area contributed by atoms with Gasteiger partial charge in [-0.2, -0.15) is 4.72 Å². The van der Waals surface area contributed by atoms with Gasteiger partial charge < -0.3 is 10.2 Å². The number of aliphatic carboxylic acids is 1. The summed E-state index contributed by atoms with van der Waals surface area (Å²) in [6.45, 7) is 0. The first kappa shape index (κ1) is 16.6. The van der Waals surface area contributed by atoms with Gasteiger partial charge in [-0.1, -0.05) is 30.3 Å². The zero-order valence-corrected chi connectivity index (χ0v) is 13.8. The fraction of sp³-hybridized carbons (Fsp3) is 0.200. The van der Waals surface area contributed by atoms with Gasteiger partial charge in [0.25, 0.3) is 10.0 Å². The summed E-state index contributed by atoms with van der Waals surface area (Å²) in [6, 6.07) is 11.1. The predicted molar refractivity (Wildman–Crippen MR) is 85.8 cm³/mol. The highest BCUT2D eigenvalue weighted by molar-refractivity contribution is 7.91. The maximum Gasteiger partial charge on any atom is 0.345 e. The number of aromatic carboxylic acids is 1. The third-order valence-corrected chi connectivity index (χ3v) is 6.99. The van der Waals surface area contributed by atoms with E-state index >= 15 is 0 Å². The molecule has 1 aromatic carbocycles. The molecule has 9 heteroatoms. The Balaban J connectivity index is 1.89. The van der Waals surface area contributed by atoms with Crippen molar-refractivity contribution >= 4 is 33.3 Å². The lowest BCUT2D eigenvalue weighted by Gasteiger charge is -2.14. The van der Waals surface area contributed by atoms with Crippen molar-refractivity contribution < 1.29 is 28.2 Å². The predicted octanol–water partition coefficient (Wildman–Crippen LogP) is 1.74. The summed E-state index contributed by atoms with van der Waals surface area (Å²) in [5, 5.41) is 18.4. The summed E-state index contributed by atoms with van der Waals surface area (Å²) >= 11 is 0.582. The monoisotopic (exact) mass is 367 g/mol. The van der Waals surface area contributed by atoms with Crippen LogP contribution < -0.4 is 4.72 Å². The van der Waals surface area contributed by atoms with Crippen molar-refractivity contribution in [2.75, 3.05) is 0 Å². The van der Waals surface area contributed by atoms with Gasteiger partial charge in [-0.15, -0.1) is 11.3 Å². The minimum atomic E-state index is -4.13. The van der Waals surface area contributed by atoms with Crippen LogP contribution in [0, 0.1) is 0 Å². The van der Waals surface area contributed by atoms with Crippen LogP contribution in [0.1, 0.15) is 27.6 Å². The van der Waals surface area contributed by atoms with Gasteiger partial charge in [0.1, 0.15) is 14.6 Å². The van der Waals surface area contributed by atoms with Crippen molar-refractivity contribution in [1.82, 2.24) is 4.72 Å². The molecule has 0 amide bonds. The van der Waals surface area contributed by atoms with Gasteiger partial charge in [0.2, 0.25) is 0 Å². The summed E-state index contributed by atoms with van der Waals surface area (Å²) < 4.78 is 26.9. The largest absolute Gasteiger partial charge is 0.480 e. The maximum atomic E-state index is 12.4. The van der Waals surface area contributed by atoms with Gasteiger partial charge >= 0.3 is 11.9 Å². The van der Waals surface area contributed by atoms with Crippen LogP contribution in [0.4, 0.5) is 0 Å². The van der Waals surface area contributed by atoms with E-state index in [2.05, 4.69) is 4.72 Å². The number of thiophene rings is 1. The molecule has 1 aromatic heterocycles. The number of carbonyl (C=O) groups is 2. The molecule has 1 heterocycles. The molecular formula is C15H13NO6S2. The number of hydrogen-bond acceptors (Lipinski definition) is 5. The van der Waals surface area contributed by atoms with Crippen LogP contribution in [-0.2, 0) is 14.8 Å². The molecule has 0 bridgehead atoms. The molecule has 7 nitrogen and oxygen atoms in total. The molecule has 0 saturated heterocycles. The molecule has 3 rings (SSSR count). The van der Waals surface area contributed by atoms with Gasteiger partial charge in [-0.25, -0.2) is 13.2 Å². The summed E-state index contributed by atoms with van der Waals surface area (Å²) in [4.78, 5) is 22.4. The first-order valence-corrected chi connectivity index (χ1v) is 9.22. The maximum absolute atomic E-state index is 12.4. The zero-order valence-electron chi connectivity index (χ0n) is 12.2. The topological polar surface area (TPSA) is 121 Å². The first-order valence-electron chi connectivity index (χ1n) is 6.92. The normalized spacial score (nSPS) is 22.9. The summed E-state index contributed by atoms with van der Waals surface area (Å²) in [7, 11) is -4.13. The summed E-state index contributed by atoms with van der Waals surface area (Å²) in [6.07, 6.45) is 0.142. The smallest absolute Gasteiger partial charge is 0.345 e. The highest BCUT2D eigenvalue weighted by atomic mass is 32.2. The molecule has 3 N–H and O–H groups in total. The van der Waals surface area contributed by atoms with E-state index in [-0.39, 0.29) is 15.5 Å². The third kappa shape index (κ3) is 2.81. The molecule has 0 radical (unpaired) electrons. The Morgan fingerprint density at radius 1 is 1.12 bits per heavy atom. The zero-order chi connectivity index (χ0) is 17.5. The molecule has 2 aromatic rings. The van der Waals surface area contributed by atoms with Gasteiger partial charge in [0, 0.05) is 5.92 Å². The minimum absolute atomic E-state index is 0.129. The number of benzene rings is 1. The lowest BCUT2D eigenvalue weighted by molar-refractivity contribution is -0.140. The van der Waals surface area contributed by atoms with Gasteiger partial charge in [-0.05, 0) is 24.1 Å². The van der Waals surface area contributed by atoms with E-state index in [4.69, 9.17) is 5.11 Å². The molecular weight excluding hydrogens is 354 g/mol. The average molecular weight is 367 g/mol.